The predicted molar refractivity (Wildman–Crippen MR) is 102 cm³/mol. The SMILES string of the molecule is O=C(CSc1ccc(F)cc1)Nc1ccccc1C(=O)c1ccccc1. The molecule has 1 amide bonds. The molecule has 130 valence electrons. The average molecular weight is 365 g/mol. The lowest BCUT2D eigenvalue weighted by Crippen LogP contribution is -2.16. The topological polar surface area (TPSA) is 46.2 Å². The van der Waals surface area contributed by atoms with Gasteiger partial charge in [-0.1, -0.05) is 42.5 Å². The Labute approximate surface area is 155 Å². The van der Waals surface area contributed by atoms with Gasteiger partial charge < -0.3 is 5.32 Å². The molecular formula is C21H16FNO2S. The van der Waals surface area contributed by atoms with Crippen molar-refractivity contribution in [1.82, 2.24) is 0 Å². The van der Waals surface area contributed by atoms with Crippen molar-refractivity contribution in [2.75, 3.05) is 11.1 Å². The summed E-state index contributed by atoms with van der Waals surface area (Å²) in [5, 5.41) is 2.79. The maximum Gasteiger partial charge on any atom is 0.234 e. The van der Waals surface area contributed by atoms with Crippen molar-refractivity contribution in [2.45, 2.75) is 4.90 Å². The fourth-order valence-corrected chi connectivity index (χ4v) is 3.10. The van der Waals surface area contributed by atoms with Crippen molar-refractivity contribution >= 4 is 29.1 Å². The van der Waals surface area contributed by atoms with Crippen LogP contribution >= 0.6 is 11.8 Å². The normalized spacial score (nSPS) is 10.3. The molecule has 3 nitrogen and oxygen atoms in total. The van der Waals surface area contributed by atoms with Gasteiger partial charge in [-0.05, 0) is 36.4 Å². The van der Waals surface area contributed by atoms with Crippen molar-refractivity contribution in [3.05, 3.63) is 95.8 Å². The highest BCUT2D eigenvalue weighted by molar-refractivity contribution is 8.00. The Kier molecular flexibility index (Phi) is 5.81. The van der Waals surface area contributed by atoms with Crippen LogP contribution in [0.4, 0.5) is 10.1 Å². The highest BCUT2D eigenvalue weighted by Crippen LogP contribution is 2.21. The summed E-state index contributed by atoms with van der Waals surface area (Å²) < 4.78 is 12.9. The van der Waals surface area contributed by atoms with E-state index in [-0.39, 0.29) is 23.3 Å². The highest BCUT2D eigenvalue weighted by atomic mass is 32.2. The molecule has 3 aromatic carbocycles. The van der Waals surface area contributed by atoms with Crippen LogP contribution in [-0.4, -0.2) is 17.4 Å². The van der Waals surface area contributed by atoms with E-state index in [2.05, 4.69) is 5.32 Å². The molecule has 3 rings (SSSR count). The maximum absolute atomic E-state index is 12.9. The Bertz CT molecular complexity index is 911. The number of amides is 1. The number of rotatable bonds is 6. The van der Waals surface area contributed by atoms with Gasteiger partial charge in [0.2, 0.25) is 5.91 Å². The van der Waals surface area contributed by atoms with Crippen LogP contribution in [0.5, 0.6) is 0 Å². The lowest BCUT2D eigenvalue weighted by molar-refractivity contribution is -0.113. The number of thioether (sulfide) groups is 1. The Morgan fingerprint density at radius 3 is 2.23 bits per heavy atom. The molecule has 0 aliphatic heterocycles. The Morgan fingerprint density at radius 1 is 0.846 bits per heavy atom. The monoisotopic (exact) mass is 365 g/mol. The van der Waals surface area contributed by atoms with Crippen molar-refractivity contribution in [3.8, 4) is 0 Å². The van der Waals surface area contributed by atoms with Gasteiger partial charge in [0.05, 0.1) is 11.4 Å². The zero-order valence-electron chi connectivity index (χ0n) is 13.8. The number of carbonyl (C=O) groups is 2. The number of hydrogen-bond acceptors (Lipinski definition) is 3. The van der Waals surface area contributed by atoms with Gasteiger partial charge in [0, 0.05) is 16.0 Å². The number of ketones is 1. The number of para-hydroxylation sites is 1. The molecular weight excluding hydrogens is 349 g/mol. The summed E-state index contributed by atoms with van der Waals surface area (Å²) in [5.74, 6) is -0.521. The molecule has 1 N–H and O–H groups in total. The lowest BCUT2D eigenvalue weighted by Gasteiger charge is -2.10. The quantitative estimate of drug-likeness (QED) is 0.505. The molecule has 3 aromatic rings. The number of halogens is 1. The second-order valence-electron chi connectivity index (χ2n) is 5.53. The minimum atomic E-state index is -0.313. The third kappa shape index (κ3) is 4.58. The van der Waals surface area contributed by atoms with E-state index in [1.165, 1.54) is 23.9 Å². The first kappa shape index (κ1) is 17.9. The largest absolute Gasteiger partial charge is 0.325 e. The van der Waals surface area contributed by atoms with Crippen LogP contribution in [0.3, 0.4) is 0 Å². The molecule has 0 saturated heterocycles. The molecule has 0 radical (unpaired) electrons. The summed E-state index contributed by atoms with van der Waals surface area (Å²) in [4.78, 5) is 25.7. The summed E-state index contributed by atoms with van der Waals surface area (Å²) in [7, 11) is 0. The first-order chi connectivity index (χ1) is 12.6. The van der Waals surface area contributed by atoms with Gasteiger partial charge in [0.15, 0.2) is 5.78 Å². The van der Waals surface area contributed by atoms with E-state index >= 15 is 0 Å². The number of hydrogen-bond donors (Lipinski definition) is 1. The Hall–Kier alpha value is -2.92. The fourth-order valence-electron chi connectivity index (χ4n) is 2.40. The van der Waals surface area contributed by atoms with Crippen LogP contribution in [0.25, 0.3) is 0 Å². The Morgan fingerprint density at radius 2 is 1.50 bits per heavy atom. The van der Waals surface area contributed by atoms with Crippen LogP contribution in [-0.2, 0) is 4.79 Å². The van der Waals surface area contributed by atoms with Crippen molar-refractivity contribution in [1.29, 1.82) is 0 Å². The summed E-state index contributed by atoms with van der Waals surface area (Å²) in [5.41, 5.74) is 1.49. The third-order valence-electron chi connectivity index (χ3n) is 3.67. The van der Waals surface area contributed by atoms with E-state index < -0.39 is 0 Å². The van der Waals surface area contributed by atoms with Crippen LogP contribution in [0.1, 0.15) is 15.9 Å². The number of nitrogens with one attached hydrogen (secondary N) is 1. The van der Waals surface area contributed by atoms with Crippen LogP contribution in [0.2, 0.25) is 0 Å². The van der Waals surface area contributed by atoms with Gasteiger partial charge >= 0.3 is 0 Å². The molecule has 0 unspecified atom stereocenters. The van der Waals surface area contributed by atoms with E-state index in [0.717, 1.165) is 4.90 Å². The second-order valence-corrected chi connectivity index (χ2v) is 6.58. The number of carbonyl (C=O) groups excluding carboxylic acids is 2. The van der Waals surface area contributed by atoms with Gasteiger partial charge in [0.1, 0.15) is 5.82 Å². The van der Waals surface area contributed by atoms with Crippen LogP contribution < -0.4 is 5.32 Å². The van der Waals surface area contributed by atoms with Crippen LogP contribution in [0, 0.1) is 5.82 Å². The Balaban J connectivity index is 1.69. The zero-order chi connectivity index (χ0) is 18.4. The predicted octanol–water partition coefficient (Wildman–Crippen LogP) is 4.79. The zero-order valence-corrected chi connectivity index (χ0v) is 14.6. The number of anilines is 1. The molecule has 0 fully saturated rings. The van der Waals surface area contributed by atoms with Crippen molar-refractivity contribution in [2.24, 2.45) is 0 Å². The van der Waals surface area contributed by atoms with Crippen LogP contribution in [0.15, 0.2) is 83.8 Å². The minimum absolute atomic E-state index is 0.146. The molecule has 0 bridgehead atoms. The van der Waals surface area contributed by atoms with Gasteiger partial charge in [0.25, 0.3) is 0 Å². The lowest BCUT2D eigenvalue weighted by atomic mass is 10.0. The molecule has 0 aromatic heterocycles. The smallest absolute Gasteiger partial charge is 0.234 e. The van der Waals surface area contributed by atoms with Crippen molar-refractivity contribution < 1.29 is 14.0 Å². The molecule has 0 aliphatic rings. The molecule has 0 aliphatic carbocycles. The average Bonchev–Trinajstić information content (AvgIpc) is 2.68. The fraction of sp³-hybridized carbons (Fsp3) is 0.0476. The summed E-state index contributed by atoms with van der Waals surface area (Å²) >= 11 is 1.30. The standard InChI is InChI=1S/C21H16FNO2S/c22-16-10-12-17(13-11-16)26-14-20(24)23-19-9-5-4-8-18(19)21(25)15-6-2-1-3-7-15/h1-13H,14H2,(H,23,24). The third-order valence-corrected chi connectivity index (χ3v) is 4.68. The maximum atomic E-state index is 12.9. The first-order valence-corrected chi connectivity index (χ1v) is 8.99. The number of benzene rings is 3. The van der Waals surface area contributed by atoms with Gasteiger partial charge in [-0.15, -0.1) is 11.8 Å². The van der Waals surface area contributed by atoms with E-state index in [4.69, 9.17) is 0 Å². The molecule has 0 atom stereocenters. The molecule has 0 heterocycles. The summed E-state index contributed by atoms with van der Waals surface area (Å²) in [6.07, 6.45) is 0. The summed E-state index contributed by atoms with van der Waals surface area (Å²) in [6, 6.07) is 21.8. The van der Waals surface area contributed by atoms with E-state index in [1.54, 1.807) is 60.7 Å². The molecule has 0 spiro atoms. The molecule has 26 heavy (non-hydrogen) atoms. The minimum Gasteiger partial charge on any atom is -0.325 e. The van der Waals surface area contributed by atoms with Gasteiger partial charge in [-0.2, -0.15) is 0 Å². The molecule has 0 saturated carbocycles. The second kappa shape index (κ2) is 8.45. The van der Waals surface area contributed by atoms with Gasteiger partial charge in [-0.3, -0.25) is 9.59 Å². The highest BCUT2D eigenvalue weighted by Gasteiger charge is 2.14. The van der Waals surface area contributed by atoms with Crippen molar-refractivity contribution in [3.63, 3.8) is 0 Å². The molecule has 5 heteroatoms. The van der Waals surface area contributed by atoms with E-state index in [9.17, 15) is 14.0 Å². The van der Waals surface area contributed by atoms with E-state index in [0.29, 0.717) is 16.8 Å². The summed E-state index contributed by atoms with van der Waals surface area (Å²) in [6.45, 7) is 0. The van der Waals surface area contributed by atoms with E-state index in [1.807, 2.05) is 6.07 Å². The van der Waals surface area contributed by atoms with Gasteiger partial charge in [-0.25, -0.2) is 4.39 Å². The first-order valence-electron chi connectivity index (χ1n) is 8.00.